The van der Waals surface area contributed by atoms with Crippen molar-refractivity contribution in [2.24, 2.45) is 5.92 Å². The summed E-state index contributed by atoms with van der Waals surface area (Å²) < 4.78 is 0. The molecule has 0 radical (unpaired) electrons. The molecule has 3 amide bonds. The van der Waals surface area contributed by atoms with Crippen molar-refractivity contribution in [1.29, 1.82) is 0 Å². The Morgan fingerprint density at radius 3 is 2.84 bits per heavy atom. The van der Waals surface area contributed by atoms with Crippen LogP contribution in [0.1, 0.15) is 23.3 Å². The molecule has 0 saturated carbocycles. The Labute approximate surface area is 151 Å². The summed E-state index contributed by atoms with van der Waals surface area (Å²) in [5, 5.41) is 6.38. The number of likely N-dealkylation sites (tertiary alicyclic amines) is 1. The molecule has 2 heterocycles. The molecule has 132 valence electrons. The standard InChI is InChI=1S/C18H22N4O2S/c1-12-5-3-7-15(9-12)20-18(24)22-8-4-6-14(11-22)16(23)21-17-19-10-13(2)25-17/h3,5,7,9-10,14H,4,6,8,11H2,1-2H3,(H,20,24)(H,19,21,23). The van der Waals surface area contributed by atoms with Crippen molar-refractivity contribution in [2.45, 2.75) is 26.7 Å². The van der Waals surface area contributed by atoms with Crippen LogP contribution in [-0.4, -0.2) is 34.9 Å². The van der Waals surface area contributed by atoms with Gasteiger partial charge in [-0.2, -0.15) is 0 Å². The molecule has 1 saturated heterocycles. The number of urea groups is 1. The van der Waals surface area contributed by atoms with Crippen molar-refractivity contribution in [2.75, 3.05) is 23.7 Å². The molecular formula is C18H22N4O2S. The predicted octanol–water partition coefficient (Wildman–Crippen LogP) is 3.64. The van der Waals surface area contributed by atoms with Crippen LogP contribution in [0.25, 0.3) is 0 Å². The molecule has 1 aromatic carbocycles. The number of hydrogen-bond acceptors (Lipinski definition) is 4. The third-order valence-corrected chi connectivity index (χ3v) is 5.03. The topological polar surface area (TPSA) is 74.3 Å². The Kier molecular flexibility index (Phi) is 5.33. The molecule has 1 aliphatic rings. The molecule has 0 spiro atoms. The third-order valence-electron chi connectivity index (χ3n) is 4.20. The second-order valence-corrected chi connectivity index (χ2v) is 7.58. The van der Waals surface area contributed by atoms with Crippen molar-refractivity contribution < 1.29 is 9.59 Å². The first-order valence-corrected chi connectivity index (χ1v) is 9.19. The summed E-state index contributed by atoms with van der Waals surface area (Å²) in [5.41, 5.74) is 1.86. The first kappa shape index (κ1) is 17.4. The first-order chi connectivity index (χ1) is 12.0. The first-order valence-electron chi connectivity index (χ1n) is 8.37. The van der Waals surface area contributed by atoms with E-state index in [0.29, 0.717) is 18.2 Å². The van der Waals surface area contributed by atoms with Crippen LogP contribution in [-0.2, 0) is 4.79 Å². The molecule has 2 N–H and O–H groups in total. The molecule has 7 heteroatoms. The highest BCUT2D eigenvalue weighted by Gasteiger charge is 2.29. The van der Waals surface area contributed by atoms with Crippen molar-refractivity contribution in [3.63, 3.8) is 0 Å². The van der Waals surface area contributed by atoms with Crippen LogP contribution in [0.15, 0.2) is 30.5 Å². The lowest BCUT2D eigenvalue weighted by atomic mass is 9.97. The summed E-state index contributed by atoms with van der Waals surface area (Å²) in [5.74, 6) is -0.274. The number of carbonyl (C=O) groups is 2. The van der Waals surface area contributed by atoms with Gasteiger partial charge in [0.2, 0.25) is 5.91 Å². The number of amides is 3. The van der Waals surface area contributed by atoms with Gasteiger partial charge in [0.25, 0.3) is 0 Å². The summed E-state index contributed by atoms with van der Waals surface area (Å²) in [6.45, 7) is 5.02. The van der Waals surface area contributed by atoms with E-state index in [1.165, 1.54) is 11.3 Å². The second kappa shape index (κ2) is 7.65. The Morgan fingerprint density at radius 1 is 1.28 bits per heavy atom. The lowest BCUT2D eigenvalue weighted by Crippen LogP contribution is -2.45. The number of aryl methyl sites for hydroxylation is 2. The molecule has 1 unspecified atom stereocenters. The van der Waals surface area contributed by atoms with E-state index in [0.717, 1.165) is 29.0 Å². The van der Waals surface area contributed by atoms with Crippen molar-refractivity contribution in [3.05, 3.63) is 40.9 Å². The van der Waals surface area contributed by atoms with E-state index in [9.17, 15) is 9.59 Å². The van der Waals surface area contributed by atoms with Gasteiger partial charge >= 0.3 is 6.03 Å². The number of carbonyl (C=O) groups excluding carboxylic acids is 2. The Hall–Kier alpha value is -2.41. The van der Waals surface area contributed by atoms with Crippen LogP contribution in [0.3, 0.4) is 0 Å². The minimum atomic E-state index is -0.207. The van der Waals surface area contributed by atoms with Gasteiger partial charge in [0, 0.05) is 29.9 Å². The van der Waals surface area contributed by atoms with E-state index in [4.69, 9.17) is 0 Å². The summed E-state index contributed by atoms with van der Waals surface area (Å²) >= 11 is 1.45. The lowest BCUT2D eigenvalue weighted by Gasteiger charge is -2.31. The number of rotatable bonds is 3. The van der Waals surface area contributed by atoms with Gasteiger partial charge in [-0.05, 0) is 44.4 Å². The van der Waals surface area contributed by atoms with Crippen LogP contribution in [0, 0.1) is 19.8 Å². The number of aromatic nitrogens is 1. The summed E-state index contributed by atoms with van der Waals surface area (Å²) in [4.78, 5) is 31.9. The molecule has 25 heavy (non-hydrogen) atoms. The van der Waals surface area contributed by atoms with E-state index < -0.39 is 0 Å². The van der Waals surface area contributed by atoms with Crippen LogP contribution < -0.4 is 10.6 Å². The zero-order valence-electron chi connectivity index (χ0n) is 14.4. The molecule has 3 rings (SSSR count). The highest BCUT2D eigenvalue weighted by Crippen LogP contribution is 2.22. The van der Waals surface area contributed by atoms with Crippen molar-refractivity contribution >= 4 is 34.1 Å². The number of nitrogens with one attached hydrogen (secondary N) is 2. The third kappa shape index (κ3) is 4.57. The van der Waals surface area contributed by atoms with E-state index in [1.807, 2.05) is 38.1 Å². The van der Waals surface area contributed by atoms with Gasteiger partial charge in [0.1, 0.15) is 0 Å². The molecule has 2 aromatic rings. The van der Waals surface area contributed by atoms with Gasteiger partial charge in [0.05, 0.1) is 5.92 Å². The Balaban J connectivity index is 1.58. The highest BCUT2D eigenvalue weighted by molar-refractivity contribution is 7.15. The maximum atomic E-state index is 12.5. The fraction of sp³-hybridized carbons (Fsp3) is 0.389. The zero-order chi connectivity index (χ0) is 17.8. The fourth-order valence-electron chi connectivity index (χ4n) is 2.92. The fourth-order valence-corrected chi connectivity index (χ4v) is 3.59. The van der Waals surface area contributed by atoms with Crippen molar-refractivity contribution in [1.82, 2.24) is 9.88 Å². The average molecular weight is 358 g/mol. The molecule has 6 nitrogen and oxygen atoms in total. The highest BCUT2D eigenvalue weighted by atomic mass is 32.1. The molecule has 1 fully saturated rings. The van der Waals surface area contributed by atoms with E-state index in [1.54, 1.807) is 11.1 Å². The second-order valence-electron chi connectivity index (χ2n) is 6.35. The molecule has 1 aromatic heterocycles. The van der Waals surface area contributed by atoms with E-state index >= 15 is 0 Å². The van der Waals surface area contributed by atoms with E-state index in [-0.39, 0.29) is 17.9 Å². The normalized spacial score (nSPS) is 17.2. The van der Waals surface area contributed by atoms with Crippen LogP contribution in [0.5, 0.6) is 0 Å². The molecule has 1 atom stereocenters. The number of nitrogens with zero attached hydrogens (tertiary/aromatic N) is 2. The summed E-state index contributed by atoms with van der Waals surface area (Å²) in [7, 11) is 0. The average Bonchev–Trinajstić information content (AvgIpc) is 3.00. The quantitative estimate of drug-likeness (QED) is 0.880. The van der Waals surface area contributed by atoms with Gasteiger partial charge in [-0.25, -0.2) is 9.78 Å². The Morgan fingerprint density at radius 2 is 2.12 bits per heavy atom. The van der Waals surface area contributed by atoms with Gasteiger partial charge in [-0.3, -0.25) is 4.79 Å². The largest absolute Gasteiger partial charge is 0.324 e. The monoisotopic (exact) mass is 358 g/mol. The lowest BCUT2D eigenvalue weighted by molar-refractivity contribution is -0.121. The zero-order valence-corrected chi connectivity index (χ0v) is 15.2. The summed E-state index contributed by atoms with van der Waals surface area (Å²) in [6.07, 6.45) is 3.34. The van der Waals surface area contributed by atoms with Crippen LogP contribution >= 0.6 is 11.3 Å². The van der Waals surface area contributed by atoms with Crippen molar-refractivity contribution in [3.8, 4) is 0 Å². The SMILES string of the molecule is Cc1cccc(NC(=O)N2CCCC(C(=O)Nc3ncc(C)s3)C2)c1. The maximum Gasteiger partial charge on any atom is 0.321 e. The van der Waals surface area contributed by atoms with Crippen LogP contribution in [0.2, 0.25) is 0 Å². The predicted molar refractivity (Wildman–Crippen MR) is 100.0 cm³/mol. The maximum absolute atomic E-state index is 12.5. The molecular weight excluding hydrogens is 336 g/mol. The molecule has 0 aliphatic carbocycles. The Bertz CT molecular complexity index is 774. The van der Waals surface area contributed by atoms with Gasteiger partial charge < -0.3 is 15.5 Å². The number of piperidine rings is 1. The molecule has 0 bridgehead atoms. The number of anilines is 2. The molecule has 1 aliphatic heterocycles. The van der Waals surface area contributed by atoms with Gasteiger partial charge in [-0.15, -0.1) is 11.3 Å². The summed E-state index contributed by atoms with van der Waals surface area (Å²) in [6, 6.07) is 7.53. The van der Waals surface area contributed by atoms with Gasteiger partial charge in [0.15, 0.2) is 5.13 Å². The smallest absolute Gasteiger partial charge is 0.321 e. The minimum Gasteiger partial charge on any atom is -0.324 e. The number of hydrogen-bond donors (Lipinski definition) is 2. The van der Waals surface area contributed by atoms with E-state index in [2.05, 4.69) is 15.6 Å². The van der Waals surface area contributed by atoms with Crippen LogP contribution in [0.4, 0.5) is 15.6 Å². The minimum absolute atomic E-state index is 0.0672. The van der Waals surface area contributed by atoms with Gasteiger partial charge in [-0.1, -0.05) is 12.1 Å². The number of benzene rings is 1. The number of thiazole rings is 1.